The van der Waals surface area contributed by atoms with Gasteiger partial charge in [-0.2, -0.15) is 0 Å². The molecule has 1 atom stereocenters. The van der Waals surface area contributed by atoms with E-state index in [1.807, 2.05) is 38.1 Å². The summed E-state index contributed by atoms with van der Waals surface area (Å²) in [5.41, 5.74) is 3.14. The molecule has 1 aromatic carbocycles. The van der Waals surface area contributed by atoms with E-state index in [4.69, 9.17) is 4.74 Å². The third-order valence-electron chi connectivity index (χ3n) is 3.24. The summed E-state index contributed by atoms with van der Waals surface area (Å²) < 4.78 is 5.66. The van der Waals surface area contributed by atoms with Gasteiger partial charge in [-0.1, -0.05) is 18.2 Å². The Balaban J connectivity index is 1.88. The van der Waals surface area contributed by atoms with Crippen LogP contribution in [0.25, 0.3) is 0 Å². The molecule has 4 heteroatoms. The summed E-state index contributed by atoms with van der Waals surface area (Å²) in [6.07, 6.45) is 0.924. The van der Waals surface area contributed by atoms with Gasteiger partial charge in [0.05, 0.1) is 12.6 Å². The van der Waals surface area contributed by atoms with Crippen LogP contribution in [-0.2, 0) is 0 Å². The monoisotopic (exact) mass is 255 g/mol. The number of hydrogen-bond donors (Lipinski definition) is 1. The van der Waals surface area contributed by atoms with Crippen molar-refractivity contribution in [1.82, 2.24) is 9.97 Å². The maximum absolute atomic E-state index is 5.66. The Hall–Kier alpha value is -2.10. The standard InChI is InChI=1S/C15H17N3O/c1-10-9-11(2)17-15(16-10)18-13-7-8-19-14-6-4-3-5-12(13)14/h3-6,9,13H,7-8H2,1-2H3,(H,16,17,18). The Morgan fingerprint density at radius 3 is 2.68 bits per heavy atom. The van der Waals surface area contributed by atoms with Crippen LogP contribution in [-0.4, -0.2) is 16.6 Å². The van der Waals surface area contributed by atoms with Crippen molar-refractivity contribution in [3.05, 3.63) is 47.3 Å². The number of hydrogen-bond acceptors (Lipinski definition) is 4. The molecule has 2 aromatic rings. The zero-order chi connectivity index (χ0) is 13.2. The molecule has 0 amide bonds. The number of fused-ring (bicyclic) bond motifs is 1. The zero-order valence-corrected chi connectivity index (χ0v) is 11.2. The van der Waals surface area contributed by atoms with E-state index in [1.165, 1.54) is 5.56 Å². The average molecular weight is 255 g/mol. The van der Waals surface area contributed by atoms with Crippen LogP contribution in [0.3, 0.4) is 0 Å². The predicted molar refractivity (Wildman–Crippen MR) is 74.4 cm³/mol. The molecular weight excluding hydrogens is 238 g/mol. The maximum Gasteiger partial charge on any atom is 0.223 e. The Morgan fingerprint density at radius 2 is 1.89 bits per heavy atom. The molecule has 0 spiro atoms. The zero-order valence-electron chi connectivity index (χ0n) is 11.2. The average Bonchev–Trinajstić information content (AvgIpc) is 2.38. The van der Waals surface area contributed by atoms with Crippen LogP contribution in [0.1, 0.15) is 29.4 Å². The minimum Gasteiger partial charge on any atom is -0.493 e. The first-order chi connectivity index (χ1) is 9.22. The van der Waals surface area contributed by atoms with Crippen molar-refractivity contribution in [3.63, 3.8) is 0 Å². The molecule has 98 valence electrons. The molecule has 4 nitrogen and oxygen atoms in total. The van der Waals surface area contributed by atoms with Gasteiger partial charge in [-0.05, 0) is 26.0 Å². The first-order valence-corrected chi connectivity index (χ1v) is 6.53. The molecule has 1 unspecified atom stereocenters. The van der Waals surface area contributed by atoms with Gasteiger partial charge in [-0.3, -0.25) is 0 Å². The second-order valence-electron chi connectivity index (χ2n) is 4.85. The van der Waals surface area contributed by atoms with E-state index in [0.29, 0.717) is 5.95 Å². The molecule has 0 saturated heterocycles. The van der Waals surface area contributed by atoms with Gasteiger partial charge in [0.15, 0.2) is 0 Å². The van der Waals surface area contributed by atoms with E-state index >= 15 is 0 Å². The summed E-state index contributed by atoms with van der Waals surface area (Å²) in [5, 5.41) is 3.42. The van der Waals surface area contributed by atoms with E-state index in [-0.39, 0.29) is 6.04 Å². The highest BCUT2D eigenvalue weighted by Crippen LogP contribution is 2.33. The Kier molecular flexibility index (Phi) is 3.07. The molecule has 0 saturated carbocycles. The number of benzene rings is 1. The quantitative estimate of drug-likeness (QED) is 0.896. The number of aromatic nitrogens is 2. The van der Waals surface area contributed by atoms with E-state index in [2.05, 4.69) is 21.4 Å². The number of nitrogens with zero attached hydrogens (tertiary/aromatic N) is 2. The lowest BCUT2D eigenvalue weighted by Gasteiger charge is -2.26. The van der Waals surface area contributed by atoms with Crippen LogP contribution in [0.4, 0.5) is 5.95 Å². The lowest BCUT2D eigenvalue weighted by molar-refractivity contribution is 0.274. The number of nitrogens with one attached hydrogen (secondary N) is 1. The largest absolute Gasteiger partial charge is 0.493 e. The van der Waals surface area contributed by atoms with Gasteiger partial charge in [0.25, 0.3) is 0 Å². The minimum absolute atomic E-state index is 0.214. The maximum atomic E-state index is 5.66. The fourth-order valence-corrected chi connectivity index (χ4v) is 2.44. The van der Waals surface area contributed by atoms with Crippen LogP contribution in [0, 0.1) is 13.8 Å². The highest BCUT2D eigenvalue weighted by Gasteiger charge is 2.21. The number of aryl methyl sites for hydroxylation is 2. The fraction of sp³-hybridized carbons (Fsp3) is 0.333. The van der Waals surface area contributed by atoms with Gasteiger partial charge in [-0.15, -0.1) is 0 Å². The van der Waals surface area contributed by atoms with Gasteiger partial charge in [-0.25, -0.2) is 9.97 Å². The van der Waals surface area contributed by atoms with Gasteiger partial charge >= 0.3 is 0 Å². The molecule has 3 rings (SSSR count). The van der Waals surface area contributed by atoms with Crippen molar-refractivity contribution in [2.75, 3.05) is 11.9 Å². The second kappa shape index (κ2) is 4.88. The predicted octanol–water partition coefficient (Wildman–Crippen LogP) is 3.03. The first-order valence-electron chi connectivity index (χ1n) is 6.53. The fourth-order valence-electron chi connectivity index (χ4n) is 2.44. The molecule has 19 heavy (non-hydrogen) atoms. The van der Waals surface area contributed by atoms with Crippen molar-refractivity contribution in [2.24, 2.45) is 0 Å². The van der Waals surface area contributed by atoms with E-state index < -0.39 is 0 Å². The highest BCUT2D eigenvalue weighted by molar-refractivity contribution is 5.42. The van der Waals surface area contributed by atoms with E-state index in [9.17, 15) is 0 Å². The summed E-state index contributed by atoms with van der Waals surface area (Å²) in [6.45, 7) is 4.69. The second-order valence-corrected chi connectivity index (χ2v) is 4.85. The lowest BCUT2D eigenvalue weighted by atomic mass is 10.0. The molecule has 0 bridgehead atoms. The van der Waals surface area contributed by atoms with Gasteiger partial charge in [0.1, 0.15) is 5.75 Å². The van der Waals surface area contributed by atoms with Crippen LogP contribution >= 0.6 is 0 Å². The molecule has 0 aliphatic carbocycles. The molecule has 1 aliphatic rings. The van der Waals surface area contributed by atoms with Crippen LogP contribution < -0.4 is 10.1 Å². The lowest BCUT2D eigenvalue weighted by Crippen LogP contribution is -2.21. The summed E-state index contributed by atoms with van der Waals surface area (Å²) in [5.74, 6) is 1.65. The van der Waals surface area contributed by atoms with Crippen molar-refractivity contribution < 1.29 is 4.74 Å². The van der Waals surface area contributed by atoms with Gasteiger partial charge in [0, 0.05) is 23.4 Å². The van der Waals surface area contributed by atoms with Gasteiger partial charge in [0.2, 0.25) is 5.95 Å². The third kappa shape index (κ3) is 2.52. The minimum atomic E-state index is 0.214. The van der Waals surface area contributed by atoms with Crippen LogP contribution in [0.15, 0.2) is 30.3 Å². The summed E-state index contributed by atoms with van der Waals surface area (Å²) in [6, 6.07) is 10.3. The Morgan fingerprint density at radius 1 is 1.16 bits per heavy atom. The number of ether oxygens (including phenoxy) is 1. The Bertz CT molecular complexity index is 577. The van der Waals surface area contributed by atoms with Crippen molar-refractivity contribution in [3.8, 4) is 5.75 Å². The van der Waals surface area contributed by atoms with Crippen molar-refractivity contribution in [1.29, 1.82) is 0 Å². The first kappa shape index (κ1) is 12.0. The van der Waals surface area contributed by atoms with Crippen molar-refractivity contribution >= 4 is 5.95 Å². The Labute approximate surface area is 112 Å². The van der Waals surface area contributed by atoms with Gasteiger partial charge < -0.3 is 10.1 Å². The number of rotatable bonds is 2. The normalized spacial score (nSPS) is 17.5. The van der Waals surface area contributed by atoms with E-state index in [0.717, 1.165) is 30.2 Å². The SMILES string of the molecule is Cc1cc(C)nc(NC2CCOc3ccccc32)n1. The highest BCUT2D eigenvalue weighted by atomic mass is 16.5. The molecular formula is C15H17N3O. The summed E-state index contributed by atoms with van der Waals surface area (Å²) in [7, 11) is 0. The molecule has 0 radical (unpaired) electrons. The summed E-state index contributed by atoms with van der Waals surface area (Å²) >= 11 is 0. The summed E-state index contributed by atoms with van der Waals surface area (Å²) in [4.78, 5) is 8.88. The number of anilines is 1. The van der Waals surface area contributed by atoms with Crippen molar-refractivity contribution in [2.45, 2.75) is 26.3 Å². The third-order valence-corrected chi connectivity index (χ3v) is 3.24. The molecule has 2 heterocycles. The van der Waals surface area contributed by atoms with Crippen LogP contribution in [0.2, 0.25) is 0 Å². The molecule has 0 fully saturated rings. The molecule has 1 aliphatic heterocycles. The molecule has 1 aromatic heterocycles. The smallest absolute Gasteiger partial charge is 0.223 e. The number of para-hydroxylation sites is 1. The molecule has 1 N–H and O–H groups in total. The van der Waals surface area contributed by atoms with E-state index in [1.54, 1.807) is 0 Å². The van der Waals surface area contributed by atoms with Crippen LogP contribution in [0.5, 0.6) is 5.75 Å². The topological polar surface area (TPSA) is 47.0 Å².